The van der Waals surface area contributed by atoms with E-state index in [0.29, 0.717) is 13.0 Å². The molecule has 128 valence electrons. The largest absolute Gasteiger partial charge is 0.469 e. The third-order valence-corrected chi connectivity index (χ3v) is 3.79. The van der Waals surface area contributed by atoms with Gasteiger partial charge in [0.25, 0.3) is 0 Å². The van der Waals surface area contributed by atoms with E-state index in [0.717, 1.165) is 6.42 Å². The van der Waals surface area contributed by atoms with Crippen LogP contribution in [0.3, 0.4) is 0 Å². The van der Waals surface area contributed by atoms with Gasteiger partial charge in [-0.15, -0.1) is 0 Å². The number of hydrogen-bond donors (Lipinski definition) is 1. The standard InChI is InChI=1S/C16H29NO5/c1-15(2,3)22-14(20)17-10-16(4,5)8-7-11(17)12(18)9-13(19)21-6/h11-12,18H,7-10H2,1-6H3. The van der Waals surface area contributed by atoms with Crippen molar-refractivity contribution in [2.75, 3.05) is 13.7 Å². The van der Waals surface area contributed by atoms with Gasteiger partial charge in [-0.25, -0.2) is 4.79 Å². The first-order chi connectivity index (χ1) is 9.95. The number of aliphatic hydroxyl groups is 1. The van der Waals surface area contributed by atoms with Crippen molar-refractivity contribution in [2.24, 2.45) is 5.41 Å². The molecule has 0 aromatic rings. The highest BCUT2D eigenvalue weighted by molar-refractivity contribution is 5.71. The summed E-state index contributed by atoms with van der Waals surface area (Å²) in [5.41, 5.74) is -0.644. The van der Waals surface area contributed by atoms with Crippen LogP contribution in [-0.2, 0) is 14.3 Å². The van der Waals surface area contributed by atoms with Crippen LogP contribution in [-0.4, -0.2) is 53.5 Å². The van der Waals surface area contributed by atoms with Crippen molar-refractivity contribution in [1.29, 1.82) is 0 Å². The number of piperidine rings is 1. The van der Waals surface area contributed by atoms with Gasteiger partial charge < -0.3 is 19.5 Å². The maximum atomic E-state index is 12.4. The molecule has 6 heteroatoms. The number of amides is 1. The van der Waals surface area contributed by atoms with E-state index in [9.17, 15) is 14.7 Å². The zero-order chi connectivity index (χ0) is 17.1. The molecule has 2 unspecified atom stereocenters. The number of ether oxygens (including phenoxy) is 2. The first kappa shape index (κ1) is 18.7. The van der Waals surface area contributed by atoms with Crippen molar-refractivity contribution in [3.63, 3.8) is 0 Å². The van der Waals surface area contributed by atoms with E-state index < -0.39 is 29.8 Å². The number of rotatable bonds is 3. The molecule has 1 aliphatic rings. The number of aliphatic hydroxyl groups excluding tert-OH is 1. The molecule has 1 fully saturated rings. The minimum absolute atomic E-state index is 0.0433. The van der Waals surface area contributed by atoms with Gasteiger partial charge in [-0.05, 0) is 39.0 Å². The van der Waals surface area contributed by atoms with Gasteiger partial charge in [-0.3, -0.25) is 4.79 Å². The van der Waals surface area contributed by atoms with E-state index in [2.05, 4.69) is 18.6 Å². The summed E-state index contributed by atoms with van der Waals surface area (Å²) in [5.74, 6) is -0.485. The molecule has 0 spiro atoms. The SMILES string of the molecule is COC(=O)CC(O)C1CCC(C)(C)CN1C(=O)OC(C)(C)C. The van der Waals surface area contributed by atoms with Crippen LogP contribution in [0.5, 0.6) is 0 Å². The first-order valence-electron chi connectivity index (χ1n) is 7.70. The molecule has 1 aliphatic heterocycles. The van der Waals surface area contributed by atoms with Crippen molar-refractivity contribution in [3.8, 4) is 0 Å². The number of hydrogen-bond acceptors (Lipinski definition) is 5. The fourth-order valence-corrected chi connectivity index (χ4v) is 2.66. The zero-order valence-corrected chi connectivity index (χ0v) is 14.5. The Morgan fingerprint density at radius 3 is 2.45 bits per heavy atom. The smallest absolute Gasteiger partial charge is 0.410 e. The highest BCUT2D eigenvalue weighted by atomic mass is 16.6. The molecule has 0 aliphatic carbocycles. The molecule has 22 heavy (non-hydrogen) atoms. The molecule has 2 atom stereocenters. The van der Waals surface area contributed by atoms with E-state index in [1.807, 2.05) is 0 Å². The fraction of sp³-hybridized carbons (Fsp3) is 0.875. The van der Waals surface area contributed by atoms with E-state index >= 15 is 0 Å². The molecule has 1 N–H and O–H groups in total. The molecular weight excluding hydrogens is 286 g/mol. The maximum Gasteiger partial charge on any atom is 0.410 e. The lowest BCUT2D eigenvalue weighted by molar-refractivity contribution is -0.144. The van der Waals surface area contributed by atoms with Gasteiger partial charge in [0.1, 0.15) is 5.60 Å². The average Bonchev–Trinajstić information content (AvgIpc) is 2.35. The number of esters is 1. The van der Waals surface area contributed by atoms with Gasteiger partial charge in [-0.1, -0.05) is 13.8 Å². The van der Waals surface area contributed by atoms with Crippen LogP contribution in [0.1, 0.15) is 53.9 Å². The van der Waals surface area contributed by atoms with Crippen LogP contribution >= 0.6 is 0 Å². The van der Waals surface area contributed by atoms with E-state index in [1.54, 1.807) is 25.7 Å². The third-order valence-electron chi connectivity index (χ3n) is 3.79. The second kappa shape index (κ2) is 6.86. The van der Waals surface area contributed by atoms with Crippen LogP contribution in [0.2, 0.25) is 0 Å². The Kier molecular flexibility index (Phi) is 5.84. The van der Waals surface area contributed by atoms with Crippen LogP contribution in [0, 0.1) is 5.41 Å². The van der Waals surface area contributed by atoms with Crippen molar-refractivity contribution in [1.82, 2.24) is 4.90 Å². The highest BCUT2D eigenvalue weighted by Crippen LogP contribution is 2.34. The molecule has 0 radical (unpaired) electrons. The Morgan fingerprint density at radius 1 is 1.36 bits per heavy atom. The fourth-order valence-electron chi connectivity index (χ4n) is 2.66. The molecule has 1 saturated heterocycles. The quantitative estimate of drug-likeness (QED) is 0.809. The monoisotopic (exact) mass is 315 g/mol. The van der Waals surface area contributed by atoms with Crippen molar-refractivity contribution >= 4 is 12.1 Å². The molecule has 1 heterocycles. The van der Waals surface area contributed by atoms with Gasteiger partial charge in [-0.2, -0.15) is 0 Å². The van der Waals surface area contributed by atoms with Crippen molar-refractivity contribution in [2.45, 2.75) is 71.6 Å². The summed E-state index contributed by atoms with van der Waals surface area (Å²) >= 11 is 0. The number of carbonyl (C=O) groups is 2. The van der Waals surface area contributed by atoms with Crippen LogP contribution in [0.4, 0.5) is 4.79 Å². The van der Waals surface area contributed by atoms with Gasteiger partial charge in [0.15, 0.2) is 0 Å². The molecule has 0 saturated carbocycles. The lowest BCUT2D eigenvalue weighted by Crippen LogP contribution is -2.55. The molecule has 0 aromatic carbocycles. The average molecular weight is 315 g/mol. The van der Waals surface area contributed by atoms with Crippen molar-refractivity contribution < 1.29 is 24.2 Å². The predicted octanol–water partition coefficient (Wildman–Crippen LogP) is 2.34. The predicted molar refractivity (Wildman–Crippen MR) is 82.4 cm³/mol. The zero-order valence-electron chi connectivity index (χ0n) is 14.5. The molecule has 1 amide bonds. The Morgan fingerprint density at radius 2 is 1.95 bits per heavy atom. The normalized spacial score (nSPS) is 22.9. The summed E-state index contributed by atoms with van der Waals surface area (Å²) < 4.78 is 10.0. The lowest BCUT2D eigenvalue weighted by atomic mass is 9.80. The molecule has 0 bridgehead atoms. The summed E-state index contributed by atoms with van der Waals surface area (Å²) in [5, 5.41) is 10.3. The van der Waals surface area contributed by atoms with E-state index in [4.69, 9.17) is 4.74 Å². The van der Waals surface area contributed by atoms with Gasteiger partial charge in [0.05, 0.1) is 25.7 Å². The van der Waals surface area contributed by atoms with Crippen LogP contribution in [0.25, 0.3) is 0 Å². The maximum absolute atomic E-state index is 12.4. The first-order valence-corrected chi connectivity index (χ1v) is 7.70. The van der Waals surface area contributed by atoms with Gasteiger partial charge in [0.2, 0.25) is 0 Å². The Bertz CT molecular complexity index is 413. The second-order valence-corrected chi connectivity index (χ2v) is 7.73. The summed E-state index contributed by atoms with van der Waals surface area (Å²) in [6.45, 7) is 10.1. The topological polar surface area (TPSA) is 76.1 Å². The minimum atomic E-state index is -0.948. The van der Waals surface area contributed by atoms with Crippen molar-refractivity contribution in [3.05, 3.63) is 0 Å². The van der Waals surface area contributed by atoms with Gasteiger partial charge >= 0.3 is 12.1 Å². The van der Waals surface area contributed by atoms with Crippen LogP contribution < -0.4 is 0 Å². The molecule has 6 nitrogen and oxygen atoms in total. The molecule has 1 rings (SSSR count). The highest BCUT2D eigenvalue weighted by Gasteiger charge is 2.41. The summed E-state index contributed by atoms with van der Waals surface area (Å²) in [4.78, 5) is 25.4. The number of nitrogens with zero attached hydrogens (tertiary/aromatic N) is 1. The minimum Gasteiger partial charge on any atom is -0.469 e. The second-order valence-electron chi connectivity index (χ2n) is 7.73. The third kappa shape index (κ3) is 5.48. The lowest BCUT2D eigenvalue weighted by Gasteiger charge is -2.45. The Labute approximate surface area is 132 Å². The van der Waals surface area contributed by atoms with Crippen LogP contribution in [0.15, 0.2) is 0 Å². The summed E-state index contributed by atoms with van der Waals surface area (Å²) in [6.07, 6.45) is -0.0224. The Hall–Kier alpha value is -1.30. The van der Waals surface area contributed by atoms with Gasteiger partial charge in [0, 0.05) is 6.54 Å². The number of carbonyl (C=O) groups excluding carboxylic acids is 2. The molecule has 0 aromatic heterocycles. The Balaban J connectivity index is 2.88. The summed E-state index contributed by atoms with van der Waals surface area (Å²) in [7, 11) is 1.28. The number of likely N-dealkylation sites (tertiary alicyclic amines) is 1. The molecular formula is C16H29NO5. The van der Waals surface area contributed by atoms with E-state index in [1.165, 1.54) is 7.11 Å². The van der Waals surface area contributed by atoms with E-state index in [-0.39, 0.29) is 11.8 Å². The summed E-state index contributed by atoms with van der Waals surface area (Å²) in [6, 6.07) is -0.429. The number of methoxy groups -OCH3 is 1.